The molecule has 1 aromatic rings. The van der Waals surface area contributed by atoms with Gasteiger partial charge in [0.2, 0.25) is 5.91 Å². The molecular formula is C16H23FN2OS. The number of rotatable bonds is 6. The van der Waals surface area contributed by atoms with Crippen LogP contribution >= 0.6 is 11.8 Å². The summed E-state index contributed by atoms with van der Waals surface area (Å²) in [6, 6.07) is 6.27. The lowest BCUT2D eigenvalue weighted by Crippen LogP contribution is -2.32. The predicted molar refractivity (Wildman–Crippen MR) is 85.7 cm³/mol. The van der Waals surface area contributed by atoms with E-state index in [1.54, 1.807) is 23.9 Å². The van der Waals surface area contributed by atoms with Crippen LogP contribution in [0.2, 0.25) is 0 Å². The summed E-state index contributed by atoms with van der Waals surface area (Å²) in [6.07, 6.45) is 3.67. The molecule has 1 aromatic carbocycles. The van der Waals surface area contributed by atoms with E-state index in [0.29, 0.717) is 5.25 Å². The van der Waals surface area contributed by atoms with Gasteiger partial charge < -0.3 is 4.90 Å². The van der Waals surface area contributed by atoms with Gasteiger partial charge in [0, 0.05) is 11.8 Å². The van der Waals surface area contributed by atoms with E-state index in [2.05, 4.69) is 18.5 Å². The standard InChI is InChI=1S/C16H23FN2OS/c1-4-14-16(20)19(10-9-11(2)21-3)15(18-14)12-5-7-13(17)8-6-12/h5-8,11,14-15,18H,4,9-10H2,1-3H3. The Balaban J connectivity index is 2.15. The van der Waals surface area contributed by atoms with Gasteiger partial charge in [-0.05, 0) is 36.8 Å². The summed E-state index contributed by atoms with van der Waals surface area (Å²) in [4.78, 5) is 14.4. The molecule has 3 nitrogen and oxygen atoms in total. The molecule has 5 heteroatoms. The highest BCUT2D eigenvalue weighted by Gasteiger charge is 2.38. The molecule has 1 aliphatic rings. The Morgan fingerprint density at radius 3 is 2.62 bits per heavy atom. The first kappa shape index (κ1) is 16.3. The second-order valence-electron chi connectivity index (χ2n) is 5.45. The molecule has 2 rings (SSSR count). The highest BCUT2D eigenvalue weighted by molar-refractivity contribution is 7.99. The number of hydrogen-bond acceptors (Lipinski definition) is 3. The predicted octanol–water partition coefficient (Wildman–Crippen LogP) is 3.18. The van der Waals surface area contributed by atoms with Crippen LogP contribution in [-0.2, 0) is 4.79 Å². The Morgan fingerprint density at radius 2 is 2.05 bits per heavy atom. The fourth-order valence-corrected chi connectivity index (χ4v) is 2.91. The average Bonchev–Trinajstić information content (AvgIpc) is 2.81. The fourth-order valence-electron chi connectivity index (χ4n) is 2.57. The molecule has 1 heterocycles. The van der Waals surface area contributed by atoms with Crippen molar-refractivity contribution >= 4 is 17.7 Å². The van der Waals surface area contributed by atoms with Crippen LogP contribution in [0.1, 0.15) is 38.4 Å². The van der Waals surface area contributed by atoms with Crippen molar-refractivity contribution < 1.29 is 9.18 Å². The first-order valence-electron chi connectivity index (χ1n) is 7.41. The van der Waals surface area contributed by atoms with E-state index in [9.17, 15) is 9.18 Å². The van der Waals surface area contributed by atoms with E-state index >= 15 is 0 Å². The molecule has 0 radical (unpaired) electrons. The minimum absolute atomic E-state index is 0.135. The van der Waals surface area contributed by atoms with Crippen molar-refractivity contribution in [2.24, 2.45) is 0 Å². The molecule has 116 valence electrons. The molecular weight excluding hydrogens is 287 g/mol. The van der Waals surface area contributed by atoms with Gasteiger partial charge in [0.15, 0.2) is 0 Å². The lowest BCUT2D eigenvalue weighted by Gasteiger charge is -2.25. The van der Waals surface area contributed by atoms with Gasteiger partial charge in [-0.3, -0.25) is 10.1 Å². The van der Waals surface area contributed by atoms with E-state index in [4.69, 9.17) is 0 Å². The largest absolute Gasteiger partial charge is 0.322 e. The summed E-state index contributed by atoms with van der Waals surface area (Å²) in [5.74, 6) is -0.0993. The van der Waals surface area contributed by atoms with Crippen molar-refractivity contribution in [2.45, 2.75) is 44.1 Å². The van der Waals surface area contributed by atoms with Crippen LogP contribution in [0.25, 0.3) is 0 Å². The third-order valence-corrected chi connectivity index (χ3v) is 5.07. The maximum Gasteiger partial charge on any atom is 0.241 e. The maximum absolute atomic E-state index is 13.1. The maximum atomic E-state index is 13.1. The Bertz CT molecular complexity index is 480. The molecule has 1 fully saturated rings. The van der Waals surface area contributed by atoms with Crippen LogP contribution in [0.4, 0.5) is 4.39 Å². The van der Waals surface area contributed by atoms with Crippen molar-refractivity contribution in [1.29, 1.82) is 0 Å². The van der Waals surface area contributed by atoms with E-state index in [-0.39, 0.29) is 23.9 Å². The van der Waals surface area contributed by atoms with Crippen LogP contribution in [0.3, 0.4) is 0 Å². The van der Waals surface area contributed by atoms with E-state index in [1.165, 1.54) is 12.1 Å². The lowest BCUT2D eigenvalue weighted by atomic mass is 10.1. The Kier molecular flexibility index (Phi) is 5.65. The molecule has 1 amide bonds. The first-order valence-corrected chi connectivity index (χ1v) is 8.70. The minimum atomic E-state index is -0.252. The third-order valence-electron chi connectivity index (χ3n) is 4.02. The van der Waals surface area contributed by atoms with Crippen molar-refractivity contribution in [2.75, 3.05) is 12.8 Å². The van der Waals surface area contributed by atoms with Gasteiger partial charge in [0.05, 0.1) is 6.04 Å². The molecule has 3 atom stereocenters. The summed E-state index contributed by atoms with van der Waals surface area (Å²) in [5, 5.41) is 3.89. The summed E-state index contributed by atoms with van der Waals surface area (Å²) in [5.41, 5.74) is 0.942. The number of hydrogen-bond donors (Lipinski definition) is 1. The molecule has 3 unspecified atom stereocenters. The average molecular weight is 310 g/mol. The molecule has 0 saturated carbocycles. The molecule has 0 aliphatic carbocycles. The normalized spacial score (nSPS) is 23.6. The van der Waals surface area contributed by atoms with Gasteiger partial charge in [-0.15, -0.1) is 0 Å². The Labute approximate surface area is 130 Å². The number of amides is 1. The number of carbonyl (C=O) groups excluding carboxylic acids is 1. The zero-order valence-electron chi connectivity index (χ0n) is 12.8. The first-order chi connectivity index (χ1) is 10.1. The van der Waals surface area contributed by atoms with Crippen LogP contribution in [-0.4, -0.2) is 34.9 Å². The van der Waals surface area contributed by atoms with Crippen LogP contribution in [0.15, 0.2) is 24.3 Å². The van der Waals surface area contributed by atoms with Crippen LogP contribution in [0, 0.1) is 5.82 Å². The van der Waals surface area contributed by atoms with Gasteiger partial charge in [-0.2, -0.15) is 11.8 Å². The molecule has 0 bridgehead atoms. The highest BCUT2D eigenvalue weighted by Crippen LogP contribution is 2.27. The Morgan fingerprint density at radius 1 is 1.38 bits per heavy atom. The van der Waals surface area contributed by atoms with Gasteiger partial charge >= 0.3 is 0 Å². The summed E-state index contributed by atoms with van der Waals surface area (Å²) in [6.45, 7) is 4.90. The fraction of sp³-hybridized carbons (Fsp3) is 0.562. The summed E-state index contributed by atoms with van der Waals surface area (Å²) in [7, 11) is 0. The van der Waals surface area contributed by atoms with Gasteiger partial charge in [-0.25, -0.2) is 4.39 Å². The topological polar surface area (TPSA) is 32.3 Å². The number of halogens is 1. The number of benzene rings is 1. The van der Waals surface area contributed by atoms with Gasteiger partial charge in [0.25, 0.3) is 0 Å². The van der Waals surface area contributed by atoms with Crippen LogP contribution < -0.4 is 5.32 Å². The van der Waals surface area contributed by atoms with E-state index in [1.807, 2.05) is 11.8 Å². The molecule has 0 aromatic heterocycles. The minimum Gasteiger partial charge on any atom is -0.322 e. The number of thioether (sulfide) groups is 1. The van der Waals surface area contributed by atoms with Crippen LogP contribution in [0.5, 0.6) is 0 Å². The zero-order chi connectivity index (χ0) is 15.4. The van der Waals surface area contributed by atoms with Gasteiger partial charge in [-0.1, -0.05) is 26.0 Å². The molecule has 0 spiro atoms. The van der Waals surface area contributed by atoms with Crippen molar-refractivity contribution in [1.82, 2.24) is 10.2 Å². The number of carbonyl (C=O) groups is 1. The SMILES string of the molecule is CCC1NC(c2ccc(F)cc2)N(CCC(C)SC)C1=O. The second kappa shape index (κ2) is 7.27. The molecule has 1 N–H and O–H groups in total. The monoisotopic (exact) mass is 310 g/mol. The zero-order valence-corrected chi connectivity index (χ0v) is 13.6. The van der Waals surface area contributed by atoms with Crippen molar-refractivity contribution in [3.63, 3.8) is 0 Å². The highest BCUT2D eigenvalue weighted by atomic mass is 32.2. The van der Waals surface area contributed by atoms with Crippen molar-refractivity contribution in [3.05, 3.63) is 35.6 Å². The van der Waals surface area contributed by atoms with E-state index in [0.717, 1.165) is 24.9 Å². The Hall–Kier alpha value is -1.07. The van der Waals surface area contributed by atoms with Gasteiger partial charge in [0.1, 0.15) is 12.0 Å². The lowest BCUT2D eigenvalue weighted by molar-refractivity contribution is -0.130. The third kappa shape index (κ3) is 3.77. The van der Waals surface area contributed by atoms with E-state index < -0.39 is 0 Å². The number of nitrogens with zero attached hydrogens (tertiary/aromatic N) is 1. The molecule has 21 heavy (non-hydrogen) atoms. The summed E-state index contributed by atoms with van der Waals surface area (Å²) >= 11 is 1.81. The molecule has 1 saturated heterocycles. The smallest absolute Gasteiger partial charge is 0.241 e. The quantitative estimate of drug-likeness (QED) is 0.876. The summed E-state index contributed by atoms with van der Waals surface area (Å²) < 4.78 is 13.1. The van der Waals surface area contributed by atoms with Crippen molar-refractivity contribution in [3.8, 4) is 0 Å². The second-order valence-corrected chi connectivity index (χ2v) is 6.72. The molecule has 1 aliphatic heterocycles. The number of nitrogens with one attached hydrogen (secondary N) is 1.